The number of aromatic nitrogens is 2. The van der Waals surface area contributed by atoms with E-state index in [0.717, 1.165) is 29.0 Å². The van der Waals surface area contributed by atoms with Crippen LogP contribution in [0.5, 0.6) is 5.75 Å². The van der Waals surface area contributed by atoms with Gasteiger partial charge in [0.25, 0.3) is 0 Å². The van der Waals surface area contributed by atoms with Crippen LogP contribution in [-0.2, 0) is 6.54 Å². The summed E-state index contributed by atoms with van der Waals surface area (Å²) in [6.45, 7) is 2.98. The molecule has 148 valence electrons. The first-order chi connectivity index (χ1) is 12.7. The van der Waals surface area contributed by atoms with E-state index in [-0.39, 0.29) is 24.0 Å². The maximum Gasteiger partial charge on any atom is 0.191 e. The minimum absolute atomic E-state index is 0. The molecule has 0 bridgehead atoms. The van der Waals surface area contributed by atoms with Crippen molar-refractivity contribution in [2.24, 2.45) is 10.9 Å². The lowest BCUT2D eigenvalue weighted by molar-refractivity contribution is 0.329. The van der Waals surface area contributed by atoms with Crippen molar-refractivity contribution in [1.29, 1.82) is 0 Å². The fourth-order valence-electron chi connectivity index (χ4n) is 3.30. The second kappa shape index (κ2) is 10.5. The molecule has 0 radical (unpaired) electrons. The molecule has 0 saturated heterocycles. The summed E-state index contributed by atoms with van der Waals surface area (Å²) in [5.41, 5.74) is 1.98. The molecule has 0 atom stereocenters. The number of hydrogen-bond acceptors (Lipinski definition) is 3. The maximum absolute atomic E-state index is 5.20. The van der Waals surface area contributed by atoms with E-state index in [0.29, 0.717) is 12.6 Å². The second-order valence-electron chi connectivity index (χ2n) is 6.98. The van der Waals surface area contributed by atoms with E-state index in [9.17, 15) is 0 Å². The summed E-state index contributed by atoms with van der Waals surface area (Å²) in [5.74, 6) is 2.54. The van der Waals surface area contributed by atoms with Gasteiger partial charge >= 0.3 is 0 Å². The van der Waals surface area contributed by atoms with Crippen LogP contribution in [0.3, 0.4) is 0 Å². The Morgan fingerprint density at radius 1 is 1.19 bits per heavy atom. The molecule has 6 nitrogen and oxygen atoms in total. The van der Waals surface area contributed by atoms with Crippen LogP contribution in [-0.4, -0.2) is 35.9 Å². The van der Waals surface area contributed by atoms with Gasteiger partial charge in [0.1, 0.15) is 5.75 Å². The Labute approximate surface area is 178 Å². The lowest BCUT2D eigenvalue weighted by Gasteiger charge is -2.28. The van der Waals surface area contributed by atoms with Crippen LogP contribution < -0.4 is 15.4 Å². The van der Waals surface area contributed by atoms with E-state index in [1.807, 2.05) is 48.3 Å². The lowest BCUT2D eigenvalue weighted by Crippen LogP contribution is -2.44. The molecule has 0 unspecified atom stereocenters. The van der Waals surface area contributed by atoms with E-state index >= 15 is 0 Å². The van der Waals surface area contributed by atoms with Gasteiger partial charge in [-0.05, 0) is 61.9 Å². The molecule has 0 spiro atoms. The lowest BCUT2D eigenvalue weighted by atomic mass is 9.87. The van der Waals surface area contributed by atoms with Crippen LogP contribution in [0.25, 0.3) is 5.69 Å². The van der Waals surface area contributed by atoms with Crippen molar-refractivity contribution in [3.05, 3.63) is 42.2 Å². The fourth-order valence-corrected chi connectivity index (χ4v) is 3.30. The molecule has 7 heteroatoms. The molecule has 1 saturated carbocycles. The smallest absolute Gasteiger partial charge is 0.191 e. The number of nitrogens with one attached hydrogen (secondary N) is 2. The van der Waals surface area contributed by atoms with E-state index < -0.39 is 0 Å². The number of ether oxygens (including phenoxy) is 1. The van der Waals surface area contributed by atoms with Gasteiger partial charge in [0.15, 0.2) is 5.96 Å². The van der Waals surface area contributed by atoms with Gasteiger partial charge in [-0.25, -0.2) is 4.68 Å². The van der Waals surface area contributed by atoms with Crippen molar-refractivity contribution in [2.45, 2.75) is 45.2 Å². The minimum atomic E-state index is 0. The summed E-state index contributed by atoms with van der Waals surface area (Å²) in [6.07, 6.45) is 6.99. The highest BCUT2D eigenvalue weighted by Gasteiger charge is 2.18. The average molecular weight is 483 g/mol. The Bertz CT molecular complexity index is 720. The summed E-state index contributed by atoms with van der Waals surface area (Å²) in [5, 5.41) is 11.5. The normalized spacial score (nSPS) is 19.9. The topological polar surface area (TPSA) is 63.5 Å². The highest BCUT2D eigenvalue weighted by Crippen LogP contribution is 2.23. The summed E-state index contributed by atoms with van der Waals surface area (Å²) in [6, 6.07) is 10.4. The summed E-state index contributed by atoms with van der Waals surface area (Å²) in [4.78, 5) is 4.35. The van der Waals surface area contributed by atoms with Crippen LogP contribution in [0, 0.1) is 5.92 Å². The predicted octanol–water partition coefficient (Wildman–Crippen LogP) is 3.74. The van der Waals surface area contributed by atoms with Crippen molar-refractivity contribution >= 4 is 29.9 Å². The molecule has 0 amide bonds. The van der Waals surface area contributed by atoms with Gasteiger partial charge in [-0.2, -0.15) is 5.10 Å². The Morgan fingerprint density at radius 3 is 2.52 bits per heavy atom. The highest BCUT2D eigenvalue weighted by atomic mass is 127. The average Bonchev–Trinajstić information content (AvgIpc) is 3.15. The van der Waals surface area contributed by atoms with Crippen LogP contribution in [0.1, 0.15) is 38.3 Å². The number of aliphatic imine (C=N–C) groups is 1. The Hall–Kier alpha value is -1.77. The zero-order valence-corrected chi connectivity index (χ0v) is 18.6. The van der Waals surface area contributed by atoms with Crippen LogP contribution in [0.4, 0.5) is 0 Å². The third kappa shape index (κ3) is 6.12. The SMILES string of the molecule is CN=C(NCc1ccn(-c2ccc(OC)cc2)n1)NC1CCC(C)CC1.I. The molecular weight excluding hydrogens is 453 g/mol. The van der Waals surface area contributed by atoms with E-state index in [1.54, 1.807) is 7.11 Å². The standard InChI is InChI=1S/C20H29N5O.HI/c1-15-4-6-16(7-5-15)23-20(21-2)22-14-17-12-13-25(24-17)18-8-10-19(26-3)11-9-18;/h8-13,15-16H,4-7,14H2,1-3H3,(H2,21,22,23);1H. The Morgan fingerprint density at radius 2 is 1.89 bits per heavy atom. The zero-order chi connectivity index (χ0) is 18.4. The van der Waals surface area contributed by atoms with Crippen molar-refractivity contribution in [1.82, 2.24) is 20.4 Å². The van der Waals surface area contributed by atoms with Gasteiger partial charge in [-0.15, -0.1) is 24.0 Å². The summed E-state index contributed by atoms with van der Waals surface area (Å²) >= 11 is 0. The molecule has 1 heterocycles. The number of guanidine groups is 1. The third-order valence-electron chi connectivity index (χ3n) is 5.00. The summed E-state index contributed by atoms with van der Waals surface area (Å²) in [7, 11) is 3.48. The van der Waals surface area contributed by atoms with Gasteiger partial charge in [-0.1, -0.05) is 6.92 Å². The van der Waals surface area contributed by atoms with Crippen molar-refractivity contribution < 1.29 is 4.74 Å². The first kappa shape index (κ1) is 21.5. The number of benzene rings is 1. The highest BCUT2D eigenvalue weighted by molar-refractivity contribution is 14.0. The van der Waals surface area contributed by atoms with E-state index in [1.165, 1.54) is 25.7 Å². The first-order valence-corrected chi connectivity index (χ1v) is 9.34. The van der Waals surface area contributed by atoms with Gasteiger partial charge in [0.2, 0.25) is 0 Å². The minimum Gasteiger partial charge on any atom is -0.497 e. The Balaban J connectivity index is 0.00000261. The molecule has 0 aliphatic heterocycles. The molecule has 1 fully saturated rings. The molecule has 1 aromatic carbocycles. The van der Waals surface area contributed by atoms with E-state index in [2.05, 4.69) is 27.6 Å². The van der Waals surface area contributed by atoms with Gasteiger partial charge < -0.3 is 15.4 Å². The molecular formula is C20H30IN5O. The quantitative estimate of drug-likeness (QED) is 0.387. The third-order valence-corrected chi connectivity index (χ3v) is 5.00. The number of nitrogens with zero attached hydrogens (tertiary/aromatic N) is 3. The monoisotopic (exact) mass is 483 g/mol. The molecule has 1 aliphatic rings. The number of halogens is 1. The molecule has 1 aliphatic carbocycles. The zero-order valence-electron chi connectivity index (χ0n) is 16.3. The number of hydrogen-bond donors (Lipinski definition) is 2. The largest absolute Gasteiger partial charge is 0.497 e. The molecule has 2 aromatic rings. The first-order valence-electron chi connectivity index (χ1n) is 9.34. The number of methoxy groups -OCH3 is 1. The van der Waals surface area contributed by atoms with E-state index in [4.69, 9.17) is 4.74 Å². The molecule has 27 heavy (non-hydrogen) atoms. The molecule has 1 aromatic heterocycles. The van der Waals surface area contributed by atoms with Crippen LogP contribution in [0.2, 0.25) is 0 Å². The Kier molecular flexibility index (Phi) is 8.40. The maximum atomic E-state index is 5.20. The number of rotatable bonds is 5. The summed E-state index contributed by atoms with van der Waals surface area (Å²) < 4.78 is 7.07. The van der Waals surface area contributed by atoms with Crippen LogP contribution >= 0.6 is 24.0 Å². The van der Waals surface area contributed by atoms with Crippen molar-refractivity contribution in [2.75, 3.05) is 14.2 Å². The van der Waals surface area contributed by atoms with Gasteiger partial charge in [0, 0.05) is 19.3 Å². The second-order valence-corrected chi connectivity index (χ2v) is 6.98. The van der Waals surface area contributed by atoms with Crippen LogP contribution in [0.15, 0.2) is 41.5 Å². The molecule has 2 N–H and O–H groups in total. The van der Waals surface area contributed by atoms with Crippen molar-refractivity contribution in [3.63, 3.8) is 0 Å². The molecule has 3 rings (SSSR count). The predicted molar refractivity (Wildman–Crippen MR) is 120 cm³/mol. The van der Waals surface area contributed by atoms with Gasteiger partial charge in [-0.3, -0.25) is 4.99 Å². The fraction of sp³-hybridized carbons (Fsp3) is 0.500. The van der Waals surface area contributed by atoms with Gasteiger partial charge in [0.05, 0.1) is 25.0 Å². The van der Waals surface area contributed by atoms with Crippen molar-refractivity contribution in [3.8, 4) is 11.4 Å².